The van der Waals surface area contributed by atoms with Crippen molar-refractivity contribution < 1.29 is 28.6 Å². The number of ether oxygens (including phenoxy) is 3. The maximum atomic E-state index is 14.1. The van der Waals surface area contributed by atoms with Crippen LogP contribution in [0.3, 0.4) is 0 Å². The molecule has 1 aromatic heterocycles. The fraction of sp³-hybridized carbons (Fsp3) is 0.379. The van der Waals surface area contributed by atoms with Crippen LogP contribution in [0, 0.1) is 12.8 Å². The van der Waals surface area contributed by atoms with Crippen LogP contribution in [0.4, 0.5) is 5.69 Å². The summed E-state index contributed by atoms with van der Waals surface area (Å²) in [5, 5.41) is -0.220. The minimum absolute atomic E-state index is 0.141. The number of thioether (sulfide) groups is 1. The van der Waals surface area contributed by atoms with Gasteiger partial charge in [0, 0.05) is 23.9 Å². The van der Waals surface area contributed by atoms with Crippen molar-refractivity contribution in [1.29, 1.82) is 0 Å². The number of aromatic nitrogens is 1. The van der Waals surface area contributed by atoms with Gasteiger partial charge in [0.15, 0.2) is 11.5 Å². The van der Waals surface area contributed by atoms with Gasteiger partial charge >= 0.3 is 4.87 Å². The molecular formula is C29H29N3O7S2. The molecule has 0 radical (unpaired) electrons. The first-order valence-corrected chi connectivity index (χ1v) is 14.9. The van der Waals surface area contributed by atoms with Crippen LogP contribution in [0.25, 0.3) is 0 Å². The molecule has 0 N–H and O–H groups in total. The van der Waals surface area contributed by atoms with E-state index in [9.17, 15) is 19.2 Å². The molecule has 3 amide bonds. The summed E-state index contributed by atoms with van der Waals surface area (Å²) < 4.78 is 17.8. The molecule has 3 aliphatic heterocycles. The molecule has 10 nitrogen and oxygen atoms in total. The van der Waals surface area contributed by atoms with Gasteiger partial charge in [-0.1, -0.05) is 46.9 Å². The number of morpholine rings is 1. The van der Waals surface area contributed by atoms with Gasteiger partial charge in [-0.15, -0.1) is 0 Å². The fourth-order valence-corrected chi connectivity index (χ4v) is 8.43. The highest BCUT2D eigenvalue weighted by Gasteiger charge is 2.57. The zero-order chi connectivity index (χ0) is 28.8. The normalized spacial score (nSPS) is 22.0. The third-order valence-corrected chi connectivity index (χ3v) is 10.4. The maximum Gasteiger partial charge on any atom is 0.308 e. The second kappa shape index (κ2) is 11.0. The summed E-state index contributed by atoms with van der Waals surface area (Å²) in [6.07, 6.45) is 0. The highest BCUT2D eigenvalue weighted by atomic mass is 32.2. The van der Waals surface area contributed by atoms with Crippen LogP contribution in [0.5, 0.6) is 11.5 Å². The van der Waals surface area contributed by atoms with Gasteiger partial charge in [0.2, 0.25) is 17.7 Å². The average Bonchev–Trinajstić information content (AvgIpc) is 3.43. The summed E-state index contributed by atoms with van der Waals surface area (Å²) >= 11 is 2.22. The van der Waals surface area contributed by atoms with E-state index in [0.29, 0.717) is 53.4 Å². The van der Waals surface area contributed by atoms with Crippen molar-refractivity contribution in [2.24, 2.45) is 5.92 Å². The molecule has 0 aliphatic carbocycles. The van der Waals surface area contributed by atoms with Crippen LogP contribution in [0.2, 0.25) is 0 Å². The van der Waals surface area contributed by atoms with Gasteiger partial charge in [-0.3, -0.25) is 23.7 Å². The van der Waals surface area contributed by atoms with E-state index in [1.807, 2.05) is 25.1 Å². The quantitative estimate of drug-likeness (QED) is 0.401. The Kier molecular flexibility index (Phi) is 7.39. The molecule has 3 aromatic rings. The summed E-state index contributed by atoms with van der Waals surface area (Å²) in [6, 6.07) is 12.6. The average molecular weight is 596 g/mol. The van der Waals surface area contributed by atoms with Crippen LogP contribution in [-0.2, 0) is 25.7 Å². The summed E-state index contributed by atoms with van der Waals surface area (Å²) in [5.74, 6) is -1.19. The highest BCUT2D eigenvalue weighted by molar-refractivity contribution is 8.00. The number of hydrogen-bond acceptors (Lipinski definition) is 9. The van der Waals surface area contributed by atoms with E-state index in [1.165, 1.54) is 28.3 Å². The van der Waals surface area contributed by atoms with Gasteiger partial charge in [-0.05, 0) is 36.8 Å². The van der Waals surface area contributed by atoms with Crippen molar-refractivity contribution in [1.82, 2.24) is 9.47 Å². The molecule has 3 unspecified atom stereocenters. The number of imide groups is 1. The lowest BCUT2D eigenvalue weighted by atomic mass is 9.83. The van der Waals surface area contributed by atoms with Gasteiger partial charge in [-0.2, -0.15) is 0 Å². The molecule has 2 saturated heterocycles. The first-order chi connectivity index (χ1) is 19.8. The molecule has 4 heterocycles. The molecule has 214 valence electrons. The molecule has 0 spiro atoms. The lowest BCUT2D eigenvalue weighted by Gasteiger charge is -2.31. The number of amides is 3. The number of benzene rings is 2. The van der Waals surface area contributed by atoms with Gasteiger partial charge in [0.05, 0.1) is 44.1 Å². The molecule has 3 atom stereocenters. The van der Waals surface area contributed by atoms with E-state index in [4.69, 9.17) is 14.2 Å². The fourth-order valence-electron chi connectivity index (χ4n) is 5.66. The number of methoxy groups -OCH3 is 2. The second-order valence-corrected chi connectivity index (χ2v) is 12.2. The Labute approximate surface area is 244 Å². The zero-order valence-electron chi connectivity index (χ0n) is 22.8. The van der Waals surface area contributed by atoms with Crippen molar-refractivity contribution in [2.45, 2.75) is 29.7 Å². The highest BCUT2D eigenvalue weighted by Crippen LogP contribution is 2.54. The molecule has 6 rings (SSSR count). The summed E-state index contributed by atoms with van der Waals surface area (Å²) in [4.78, 5) is 57.8. The zero-order valence-corrected chi connectivity index (χ0v) is 24.5. The Morgan fingerprint density at radius 1 is 0.976 bits per heavy atom. The molecular weight excluding hydrogens is 566 g/mol. The Hall–Kier alpha value is -3.61. The Morgan fingerprint density at radius 2 is 1.68 bits per heavy atom. The first kappa shape index (κ1) is 27.6. The van der Waals surface area contributed by atoms with Gasteiger partial charge in [0.1, 0.15) is 11.8 Å². The number of fused-ring (bicyclic) bond motifs is 2. The Bertz CT molecular complexity index is 1580. The van der Waals surface area contributed by atoms with Crippen LogP contribution < -0.4 is 19.2 Å². The topological polar surface area (TPSA) is 107 Å². The van der Waals surface area contributed by atoms with Crippen molar-refractivity contribution in [3.63, 3.8) is 0 Å². The first-order valence-electron chi connectivity index (χ1n) is 13.2. The number of nitrogens with zero attached hydrogens (tertiary/aromatic N) is 3. The van der Waals surface area contributed by atoms with E-state index in [-0.39, 0.29) is 29.1 Å². The minimum atomic E-state index is -0.770. The maximum absolute atomic E-state index is 14.1. The molecule has 0 saturated carbocycles. The van der Waals surface area contributed by atoms with Crippen LogP contribution in [0.1, 0.15) is 21.9 Å². The Morgan fingerprint density at radius 3 is 2.37 bits per heavy atom. The number of carbonyl (C=O) groups is 3. The van der Waals surface area contributed by atoms with E-state index >= 15 is 0 Å². The van der Waals surface area contributed by atoms with Crippen LogP contribution in [-0.4, -0.2) is 73.0 Å². The summed E-state index contributed by atoms with van der Waals surface area (Å²) in [7, 11) is 3.07. The number of carbonyl (C=O) groups excluding carboxylic acids is 3. The third kappa shape index (κ3) is 4.73. The van der Waals surface area contributed by atoms with Gasteiger partial charge in [0.25, 0.3) is 0 Å². The molecule has 41 heavy (non-hydrogen) atoms. The molecule has 2 aromatic carbocycles. The van der Waals surface area contributed by atoms with E-state index in [1.54, 1.807) is 36.3 Å². The smallest absolute Gasteiger partial charge is 0.308 e. The Balaban J connectivity index is 1.46. The van der Waals surface area contributed by atoms with Gasteiger partial charge < -0.3 is 19.1 Å². The molecule has 3 aliphatic rings. The predicted molar refractivity (Wildman–Crippen MR) is 154 cm³/mol. The van der Waals surface area contributed by atoms with Crippen molar-refractivity contribution in [3.05, 3.63) is 68.1 Å². The lowest BCUT2D eigenvalue weighted by molar-refractivity contribution is -0.136. The minimum Gasteiger partial charge on any atom is -0.493 e. The van der Waals surface area contributed by atoms with E-state index in [0.717, 1.165) is 22.5 Å². The predicted octanol–water partition coefficient (Wildman–Crippen LogP) is 2.89. The number of hydrogen-bond donors (Lipinski definition) is 0. The largest absolute Gasteiger partial charge is 0.493 e. The number of anilines is 1. The molecule has 2 fully saturated rings. The SMILES string of the molecule is COc1ccc(C2c3sc(=O)n(CC(=O)N4CCOCC4)c3SC3C(=O)N(c4ccc(C)cc4)C(=O)C32)cc1OC. The van der Waals surface area contributed by atoms with Crippen molar-refractivity contribution in [2.75, 3.05) is 45.4 Å². The van der Waals surface area contributed by atoms with Crippen LogP contribution >= 0.6 is 23.1 Å². The third-order valence-electron chi connectivity index (χ3n) is 7.77. The number of rotatable bonds is 6. The molecule has 0 bridgehead atoms. The number of thiazole rings is 1. The van der Waals surface area contributed by atoms with Crippen LogP contribution in [0.15, 0.2) is 52.3 Å². The van der Waals surface area contributed by atoms with Crippen molar-refractivity contribution in [3.8, 4) is 11.5 Å². The lowest BCUT2D eigenvalue weighted by Crippen LogP contribution is -2.43. The monoisotopic (exact) mass is 595 g/mol. The van der Waals surface area contributed by atoms with Crippen molar-refractivity contribution >= 4 is 46.5 Å². The van der Waals surface area contributed by atoms with Gasteiger partial charge in [-0.25, -0.2) is 4.90 Å². The van der Waals surface area contributed by atoms with E-state index < -0.39 is 17.1 Å². The van der Waals surface area contributed by atoms with E-state index in [2.05, 4.69) is 0 Å². The standard InChI is InChI=1S/C29H29N3O7S2/c1-16-4-7-18(8-5-16)32-26(34)23-22(17-6-9-19(37-2)20(14-17)38-3)25-28(40-24(23)27(32)35)31(29(36)41-25)15-21(33)30-10-12-39-13-11-30/h4-9,14,22-24H,10-13,15H2,1-3H3. The summed E-state index contributed by atoms with van der Waals surface area (Å²) in [5.41, 5.74) is 2.24. The number of aryl methyl sites for hydroxylation is 1. The second-order valence-electron chi connectivity index (χ2n) is 10.1. The summed E-state index contributed by atoms with van der Waals surface area (Å²) in [6.45, 7) is 3.63. The molecule has 12 heteroatoms.